The van der Waals surface area contributed by atoms with Crippen molar-refractivity contribution in [3.63, 3.8) is 0 Å². The largest absolute Gasteiger partial charge is 0.368 e. The van der Waals surface area contributed by atoms with E-state index in [1.807, 2.05) is 0 Å². The molecule has 3 nitrogen and oxygen atoms in total. The van der Waals surface area contributed by atoms with Gasteiger partial charge in [0.05, 0.1) is 18.0 Å². The number of amides is 1. The number of nitrogens with zero attached hydrogens (tertiary/aromatic N) is 2. The zero-order chi connectivity index (χ0) is 12.3. The summed E-state index contributed by atoms with van der Waals surface area (Å²) in [6.07, 6.45) is 3.61. The SMILES string of the molecule is CN1c2ccccc2[C@H]2C(=O)N3CCCCC3C21. The fourth-order valence-corrected chi connectivity index (χ4v) is 4.16. The van der Waals surface area contributed by atoms with Crippen molar-refractivity contribution in [1.29, 1.82) is 0 Å². The van der Waals surface area contributed by atoms with Crippen molar-refractivity contribution in [3.8, 4) is 0 Å². The normalized spacial score (nSPS) is 33.4. The van der Waals surface area contributed by atoms with Gasteiger partial charge in [-0.1, -0.05) is 18.2 Å². The van der Waals surface area contributed by atoms with Gasteiger partial charge in [0.25, 0.3) is 0 Å². The van der Waals surface area contributed by atoms with E-state index in [9.17, 15) is 4.79 Å². The first-order valence-electron chi connectivity index (χ1n) is 6.91. The molecule has 2 fully saturated rings. The Morgan fingerprint density at radius 1 is 1.22 bits per heavy atom. The van der Waals surface area contributed by atoms with E-state index in [2.05, 4.69) is 41.1 Å². The van der Waals surface area contributed by atoms with Gasteiger partial charge in [0.2, 0.25) is 5.91 Å². The molecule has 2 unspecified atom stereocenters. The molecule has 18 heavy (non-hydrogen) atoms. The molecule has 2 saturated heterocycles. The first-order chi connectivity index (χ1) is 8.79. The lowest BCUT2D eigenvalue weighted by Gasteiger charge is -2.35. The Hall–Kier alpha value is -1.51. The molecule has 3 aliphatic heterocycles. The average molecular weight is 242 g/mol. The number of fused-ring (bicyclic) bond motifs is 5. The second kappa shape index (κ2) is 3.50. The van der Waals surface area contributed by atoms with Crippen molar-refractivity contribution in [2.24, 2.45) is 0 Å². The minimum atomic E-state index is 0.0919. The summed E-state index contributed by atoms with van der Waals surface area (Å²) in [4.78, 5) is 17.1. The lowest BCUT2D eigenvalue weighted by atomic mass is 9.92. The standard InChI is InChI=1S/C15H18N2O/c1-16-11-7-3-2-6-10(11)13-14(16)12-8-4-5-9-17(12)15(13)18/h2-3,6-7,12-14H,4-5,8-9H2,1H3/t12?,13-,14?/m1/s1. The second-order valence-electron chi connectivity index (χ2n) is 5.73. The van der Waals surface area contributed by atoms with Crippen LogP contribution in [0.1, 0.15) is 30.7 Å². The number of hydrogen-bond donors (Lipinski definition) is 0. The van der Waals surface area contributed by atoms with Crippen LogP contribution in [0, 0.1) is 0 Å². The minimum absolute atomic E-state index is 0.0919. The molecule has 0 N–H and O–H groups in total. The van der Waals surface area contributed by atoms with Gasteiger partial charge < -0.3 is 9.80 Å². The van der Waals surface area contributed by atoms with Gasteiger partial charge >= 0.3 is 0 Å². The fourth-order valence-electron chi connectivity index (χ4n) is 4.16. The number of likely N-dealkylation sites (N-methyl/N-ethyl adjacent to an activating group) is 1. The van der Waals surface area contributed by atoms with Crippen molar-refractivity contribution < 1.29 is 4.79 Å². The van der Waals surface area contributed by atoms with Crippen LogP contribution in [-0.4, -0.2) is 36.5 Å². The summed E-state index contributed by atoms with van der Waals surface area (Å²) < 4.78 is 0. The highest BCUT2D eigenvalue weighted by molar-refractivity contribution is 5.93. The Labute approximate surface area is 107 Å². The van der Waals surface area contributed by atoms with E-state index in [0.717, 1.165) is 6.54 Å². The molecule has 3 atom stereocenters. The molecule has 0 radical (unpaired) electrons. The third-order valence-corrected chi connectivity index (χ3v) is 4.93. The number of carbonyl (C=O) groups is 1. The summed E-state index contributed by atoms with van der Waals surface area (Å²) in [5.41, 5.74) is 2.50. The summed E-state index contributed by atoms with van der Waals surface area (Å²) in [6, 6.07) is 9.21. The van der Waals surface area contributed by atoms with Crippen LogP contribution in [0.5, 0.6) is 0 Å². The first-order valence-corrected chi connectivity index (χ1v) is 6.91. The number of piperidine rings is 1. The van der Waals surface area contributed by atoms with Crippen LogP contribution in [0.2, 0.25) is 0 Å². The molecule has 1 aromatic carbocycles. The lowest BCUT2D eigenvalue weighted by Crippen LogP contribution is -2.45. The molecule has 4 rings (SSSR count). The molecule has 3 heteroatoms. The highest BCUT2D eigenvalue weighted by atomic mass is 16.2. The molecule has 0 bridgehead atoms. The van der Waals surface area contributed by atoms with Crippen LogP contribution in [-0.2, 0) is 4.79 Å². The molecule has 3 heterocycles. The van der Waals surface area contributed by atoms with Gasteiger partial charge in [-0.3, -0.25) is 4.79 Å². The van der Waals surface area contributed by atoms with Crippen LogP contribution in [0.4, 0.5) is 5.69 Å². The zero-order valence-electron chi connectivity index (χ0n) is 10.7. The molecule has 1 amide bonds. The monoisotopic (exact) mass is 242 g/mol. The molecular formula is C15H18N2O. The molecule has 3 aliphatic rings. The van der Waals surface area contributed by atoms with Gasteiger partial charge in [-0.2, -0.15) is 0 Å². The minimum Gasteiger partial charge on any atom is -0.368 e. The maximum Gasteiger partial charge on any atom is 0.232 e. The Morgan fingerprint density at radius 2 is 2.06 bits per heavy atom. The summed E-state index contributed by atoms with van der Waals surface area (Å²) in [5, 5.41) is 0. The molecule has 0 saturated carbocycles. The third kappa shape index (κ3) is 1.12. The van der Waals surface area contributed by atoms with Crippen LogP contribution in [0.15, 0.2) is 24.3 Å². The van der Waals surface area contributed by atoms with Crippen molar-refractivity contribution >= 4 is 11.6 Å². The number of benzene rings is 1. The molecular weight excluding hydrogens is 224 g/mol. The topological polar surface area (TPSA) is 23.6 Å². The Morgan fingerprint density at radius 3 is 2.94 bits per heavy atom. The van der Waals surface area contributed by atoms with Gasteiger partial charge in [-0.25, -0.2) is 0 Å². The number of hydrogen-bond acceptors (Lipinski definition) is 2. The molecule has 0 aliphatic carbocycles. The maximum absolute atomic E-state index is 12.6. The van der Waals surface area contributed by atoms with Gasteiger partial charge in [0, 0.05) is 19.3 Å². The fraction of sp³-hybridized carbons (Fsp3) is 0.533. The van der Waals surface area contributed by atoms with Crippen molar-refractivity contribution in [2.45, 2.75) is 37.3 Å². The molecule has 94 valence electrons. The first kappa shape index (κ1) is 10.4. The van der Waals surface area contributed by atoms with Crippen molar-refractivity contribution in [3.05, 3.63) is 29.8 Å². The number of rotatable bonds is 0. The van der Waals surface area contributed by atoms with Crippen LogP contribution < -0.4 is 4.90 Å². The molecule has 1 aromatic rings. The highest BCUT2D eigenvalue weighted by Crippen LogP contribution is 2.49. The number of para-hydroxylation sites is 1. The van der Waals surface area contributed by atoms with E-state index in [1.165, 1.54) is 30.5 Å². The van der Waals surface area contributed by atoms with Gasteiger partial charge in [-0.15, -0.1) is 0 Å². The zero-order valence-corrected chi connectivity index (χ0v) is 10.7. The average Bonchev–Trinajstić information content (AvgIpc) is 2.87. The van der Waals surface area contributed by atoms with E-state index in [0.29, 0.717) is 18.0 Å². The molecule has 0 spiro atoms. The predicted octanol–water partition coefficient (Wildman–Crippen LogP) is 1.98. The van der Waals surface area contributed by atoms with E-state index in [1.54, 1.807) is 0 Å². The van der Waals surface area contributed by atoms with Crippen LogP contribution >= 0.6 is 0 Å². The van der Waals surface area contributed by atoms with Gasteiger partial charge in [0.1, 0.15) is 0 Å². The number of carbonyl (C=O) groups excluding carboxylic acids is 1. The van der Waals surface area contributed by atoms with E-state index < -0.39 is 0 Å². The van der Waals surface area contributed by atoms with Gasteiger partial charge in [-0.05, 0) is 30.9 Å². The highest BCUT2D eigenvalue weighted by Gasteiger charge is 2.54. The van der Waals surface area contributed by atoms with Crippen LogP contribution in [0.25, 0.3) is 0 Å². The maximum atomic E-state index is 12.6. The lowest BCUT2D eigenvalue weighted by molar-refractivity contribution is -0.130. The smallest absolute Gasteiger partial charge is 0.232 e. The van der Waals surface area contributed by atoms with Crippen LogP contribution in [0.3, 0.4) is 0 Å². The van der Waals surface area contributed by atoms with Crippen molar-refractivity contribution in [1.82, 2.24) is 4.90 Å². The second-order valence-corrected chi connectivity index (χ2v) is 5.73. The quantitative estimate of drug-likeness (QED) is 0.694. The Balaban J connectivity index is 1.83. The van der Waals surface area contributed by atoms with Gasteiger partial charge in [0.15, 0.2) is 0 Å². The van der Waals surface area contributed by atoms with E-state index >= 15 is 0 Å². The predicted molar refractivity (Wildman–Crippen MR) is 70.7 cm³/mol. The summed E-state index contributed by atoms with van der Waals surface area (Å²) in [6.45, 7) is 0.965. The Bertz CT molecular complexity index is 513. The van der Waals surface area contributed by atoms with Crippen molar-refractivity contribution in [2.75, 3.05) is 18.5 Å². The molecule has 0 aromatic heterocycles. The number of anilines is 1. The third-order valence-electron chi connectivity index (χ3n) is 4.93. The van der Waals surface area contributed by atoms with E-state index in [-0.39, 0.29) is 5.92 Å². The summed E-state index contributed by atoms with van der Waals surface area (Å²) in [7, 11) is 2.15. The van der Waals surface area contributed by atoms with E-state index in [4.69, 9.17) is 0 Å². The Kier molecular flexibility index (Phi) is 2.02. The summed E-state index contributed by atoms with van der Waals surface area (Å²) in [5.74, 6) is 0.454. The summed E-state index contributed by atoms with van der Waals surface area (Å²) >= 11 is 0.